The fraction of sp³-hybridized carbons (Fsp3) is 0.929. The van der Waals surface area contributed by atoms with E-state index in [9.17, 15) is 0 Å². The van der Waals surface area contributed by atoms with Crippen LogP contribution in [0.2, 0.25) is 0 Å². The van der Waals surface area contributed by atoms with Crippen LogP contribution in [-0.4, -0.2) is 23.9 Å². The molecule has 3 aliphatic carbocycles. The summed E-state index contributed by atoms with van der Waals surface area (Å²) >= 11 is 0. The van der Waals surface area contributed by atoms with E-state index < -0.39 is 6.17 Å². The van der Waals surface area contributed by atoms with Gasteiger partial charge in [0.2, 0.25) is 0 Å². The first kappa shape index (κ1) is 27.1. The van der Waals surface area contributed by atoms with Gasteiger partial charge in [-0.3, -0.25) is 0 Å². The van der Waals surface area contributed by atoms with Gasteiger partial charge >= 0.3 is 0 Å². The maximum absolute atomic E-state index is 15.3. The third-order valence-electron chi connectivity index (χ3n) is 8.95. The third kappa shape index (κ3) is 8.00. The van der Waals surface area contributed by atoms with Crippen LogP contribution < -0.4 is 5.32 Å². The summed E-state index contributed by atoms with van der Waals surface area (Å²) in [5.74, 6) is 4.31. The van der Waals surface area contributed by atoms with Gasteiger partial charge in [-0.25, -0.2) is 4.39 Å². The second kappa shape index (κ2) is 14.2. The predicted octanol–water partition coefficient (Wildman–Crippen LogP) is 7.79. The lowest BCUT2D eigenvalue weighted by Gasteiger charge is -2.45. The van der Waals surface area contributed by atoms with Crippen molar-refractivity contribution in [2.24, 2.45) is 29.6 Å². The van der Waals surface area contributed by atoms with E-state index in [1.165, 1.54) is 83.5 Å². The van der Waals surface area contributed by atoms with Crippen molar-refractivity contribution in [1.29, 1.82) is 0 Å². The van der Waals surface area contributed by atoms with Crippen LogP contribution in [0.25, 0.3) is 0 Å². The van der Waals surface area contributed by atoms with Crippen LogP contribution in [0.15, 0.2) is 0 Å². The first-order valence-electron chi connectivity index (χ1n) is 13.5. The minimum atomic E-state index is -0.690. The number of terminal acetylenes is 1. The first-order valence-corrected chi connectivity index (χ1v) is 14.1. The Morgan fingerprint density at radius 3 is 2.00 bits per heavy atom. The van der Waals surface area contributed by atoms with Crippen molar-refractivity contribution in [3.05, 3.63) is 0 Å². The molecule has 0 aromatic rings. The van der Waals surface area contributed by atoms with Crippen LogP contribution in [0.1, 0.15) is 111 Å². The molecule has 31 heavy (non-hydrogen) atoms. The van der Waals surface area contributed by atoms with E-state index in [0.29, 0.717) is 12.0 Å². The molecule has 3 fully saturated rings. The fourth-order valence-electron chi connectivity index (χ4n) is 6.90. The SMILES string of the molecule is C#C.CCCCCC(C)NC1CCC(C2CCC(C3CCC(C)CC3)CC2)C(P)C1F. The summed E-state index contributed by atoms with van der Waals surface area (Å²) in [4.78, 5) is 0. The van der Waals surface area contributed by atoms with Crippen molar-refractivity contribution in [3.63, 3.8) is 0 Å². The first-order chi connectivity index (χ1) is 15.0. The molecule has 0 aliphatic heterocycles. The largest absolute Gasteiger partial charge is 0.309 e. The number of nitrogens with one attached hydrogen (secondary N) is 1. The molecule has 6 unspecified atom stereocenters. The maximum Gasteiger partial charge on any atom is 0.122 e. The molecule has 0 spiro atoms. The quantitative estimate of drug-likeness (QED) is 0.226. The Hall–Kier alpha value is -0.120. The average molecular weight is 452 g/mol. The number of alkyl halides is 1. The van der Waals surface area contributed by atoms with Crippen molar-refractivity contribution in [1.82, 2.24) is 5.32 Å². The molecule has 6 atom stereocenters. The summed E-state index contributed by atoms with van der Waals surface area (Å²) < 4.78 is 15.3. The highest BCUT2D eigenvalue weighted by molar-refractivity contribution is 7.17. The lowest BCUT2D eigenvalue weighted by atomic mass is 9.65. The van der Waals surface area contributed by atoms with E-state index >= 15 is 4.39 Å². The molecule has 1 nitrogen and oxygen atoms in total. The summed E-state index contributed by atoms with van der Waals surface area (Å²) in [5.41, 5.74) is 0.154. The molecule has 0 amide bonds. The van der Waals surface area contributed by atoms with Crippen LogP contribution >= 0.6 is 9.24 Å². The molecule has 1 N–H and O–H groups in total. The molecule has 0 aromatic heterocycles. The molecule has 0 heterocycles. The summed E-state index contributed by atoms with van der Waals surface area (Å²) in [6.45, 7) is 6.93. The number of unbranched alkanes of at least 4 members (excludes halogenated alkanes) is 2. The maximum atomic E-state index is 15.3. The average Bonchev–Trinajstić information content (AvgIpc) is 2.79. The van der Waals surface area contributed by atoms with Gasteiger partial charge in [-0.15, -0.1) is 22.1 Å². The lowest BCUT2D eigenvalue weighted by Crippen LogP contribution is -2.52. The van der Waals surface area contributed by atoms with Crippen molar-refractivity contribution in [2.45, 2.75) is 135 Å². The Labute approximate surface area is 196 Å². The summed E-state index contributed by atoms with van der Waals surface area (Å²) in [7, 11) is 2.94. The van der Waals surface area contributed by atoms with Gasteiger partial charge in [0.1, 0.15) is 6.17 Å². The summed E-state index contributed by atoms with van der Waals surface area (Å²) in [6.07, 6.45) is 26.0. The van der Waals surface area contributed by atoms with Crippen LogP contribution in [0.5, 0.6) is 0 Å². The molecule has 0 radical (unpaired) electrons. The Morgan fingerprint density at radius 1 is 0.871 bits per heavy atom. The predicted molar refractivity (Wildman–Crippen MR) is 138 cm³/mol. The second-order valence-electron chi connectivity index (χ2n) is 11.1. The topological polar surface area (TPSA) is 12.0 Å². The minimum Gasteiger partial charge on any atom is -0.309 e. The lowest BCUT2D eigenvalue weighted by molar-refractivity contribution is 0.0792. The van der Waals surface area contributed by atoms with E-state index in [1.54, 1.807) is 0 Å². The zero-order valence-corrected chi connectivity index (χ0v) is 21.9. The molecule has 3 aliphatic rings. The van der Waals surface area contributed by atoms with E-state index in [2.05, 4.69) is 48.2 Å². The van der Waals surface area contributed by atoms with Gasteiger partial charge in [-0.2, -0.15) is 0 Å². The number of halogens is 1. The zero-order valence-electron chi connectivity index (χ0n) is 20.7. The molecule has 3 rings (SSSR count). The molecule has 3 saturated carbocycles. The third-order valence-corrected chi connectivity index (χ3v) is 9.81. The summed E-state index contributed by atoms with van der Waals surface area (Å²) in [6, 6.07) is 0.526. The van der Waals surface area contributed by atoms with Crippen molar-refractivity contribution < 1.29 is 4.39 Å². The van der Waals surface area contributed by atoms with E-state index in [1.807, 2.05) is 0 Å². The van der Waals surface area contributed by atoms with Crippen molar-refractivity contribution in [2.75, 3.05) is 0 Å². The molecule has 180 valence electrons. The highest BCUT2D eigenvalue weighted by Gasteiger charge is 2.42. The standard InChI is InChI=1S/C26H49FNP.C2H2/c1-4-5-6-7-19(3)28-24-17-16-23(26(29)25(24)27)22-14-12-21(13-15-22)20-10-8-18(2)9-11-20;1-2/h18-26,28H,4-17,29H2,1-3H3;1-2H. The summed E-state index contributed by atoms with van der Waals surface area (Å²) in [5, 5.41) is 3.65. The van der Waals surface area contributed by atoms with E-state index in [4.69, 9.17) is 0 Å². The van der Waals surface area contributed by atoms with Gasteiger partial charge in [-0.05, 0) is 94.3 Å². The fourth-order valence-corrected chi connectivity index (χ4v) is 7.68. The number of hydrogen-bond acceptors (Lipinski definition) is 1. The molecule has 0 saturated heterocycles. The Kier molecular flexibility index (Phi) is 12.4. The van der Waals surface area contributed by atoms with Crippen LogP contribution in [0, 0.1) is 42.4 Å². The van der Waals surface area contributed by atoms with Crippen molar-refractivity contribution >= 4 is 9.24 Å². The van der Waals surface area contributed by atoms with E-state index in [0.717, 1.165) is 30.1 Å². The zero-order chi connectivity index (χ0) is 22.8. The monoisotopic (exact) mass is 451 g/mol. The van der Waals surface area contributed by atoms with Crippen molar-refractivity contribution in [3.8, 4) is 12.8 Å². The minimum absolute atomic E-state index is 0.0749. The van der Waals surface area contributed by atoms with Gasteiger partial charge < -0.3 is 5.32 Å². The van der Waals surface area contributed by atoms with E-state index in [-0.39, 0.29) is 11.7 Å². The Morgan fingerprint density at radius 2 is 1.42 bits per heavy atom. The molecule has 0 bridgehead atoms. The molecular weight excluding hydrogens is 400 g/mol. The van der Waals surface area contributed by atoms with Gasteiger partial charge in [0.25, 0.3) is 0 Å². The second-order valence-corrected chi connectivity index (χ2v) is 11.9. The van der Waals surface area contributed by atoms with Crippen LogP contribution in [-0.2, 0) is 0 Å². The highest BCUT2D eigenvalue weighted by atomic mass is 31.0. The molecular formula is C28H51FNP. The van der Waals surface area contributed by atoms with Gasteiger partial charge in [0, 0.05) is 17.7 Å². The van der Waals surface area contributed by atoms with Crippen LogP contribution in [0.3, 0.4) is 0 Å². The highest BCUT2D eigenvalue weighted by Crippen LogP contribution is 2.47. The molecule has 0 aromatic carbocycles. The number of hydrogen-bond donors (Lipinski definition) is 1. The normalized spacial score (nSPS) is 39.8. The molecule has 3 heteroatoms. The Bertz CT molecular complexity index is 492. The van der Waals surface area contributed by atoms with Gasteiger partial charge in [0.05, 0.1) is 0 Å². The van der Waals surface area contributed by atoms with Gasteiger partial charge in [0.15, 0.2) is 0 Å². The Balaban J connectivity index is 0.00000166. The number of rotatable bonds is 8. The van der Waals surface area contributed by atoms with Gasteiger partial charge in [-0.1, -0.05) is 46.0 Å². The van der Waals surface area contributed by atoms with Crippen LogP contribution in [0.4, 0.5) is 4.39 Å². The smallest absolute Gasteiger partial charge is 0.122 e.